The third kappa shape index (κ3) is 4.94. The lowest BCUT2D eigenvalue weighted by Gasteiger charge is -2.10. The summed E-state index contributed by atoms with van der Waals surface area (Å²) in [5.41, 5.74) is 1.05. The highest BCUT2D eigenvalue weighted by Gasteiger charge is 2.11. The predicted octanol–water partition coefficient (Wildman–Crippen LogP) is 3.96. The molecule has 0 bridgehead atoms. The standard InChI is InChI=1S/C20H19ClN4O2S/c1-25(2)12-23-28-18-11-14(10-16-15(18)7-8-22-20(16)27)24-19(26)9-13-5-3-4-6-17(13)21/h3-8,10-12H,9H2,1-2H3,(H,22,27)(H,24,26). The normalized spacial score (nSPS) is 11.1. The van der Waals surface area contributed by atoms with Crippen molar-refractivity contribution in [2.45, 2.75) is 11.3 Å². The number of nitrogens with zero attached hydrogens (tertiary/aromatic N) is 2. The van der Waals surface area contributed by atoms with Crippen LogP contribution in [0.3, 0.4) is 0 Å². The molecule has 0 aliphatic rings. The van der Waals surface area contributed by atoms with Crippen LogP contribution in [0, 0.1) is 0 Å². The molecule has 1 amide bonds. The number of amides is 1. The summed E-state index contributed by atoms with van der Waals surface area (Å²) >= 11 is 7.37. The minimum atomic E-state index is -0.224. The Labute approximate surface area is 171 Å². The molecule has 2 N–H and O–H groups in total. The van der Waals surface area contributed by atoms with E-state index in [1.807, 2.05) is 49.3 Å². The number of benzene rings is 2. The van der Waals surface area contributed by atoms with E-state index < -0.39 is 0 Å². The average molecular weight is 415 g/mol. The van der Waals surface area contributed by atoms with Gasteiger partial charge in [-0.25, -0.2) is 4.40 Å². The molecule has 0 unspecified atom stereocenters. The molecule has 144 valence electrons. The Morgan fingerprint density at radius 1 is 1.25 bits per heavy atom. The lowest BCUT2D eigenvalue weighted by molar-refractivity contribution is -0.115. The summed E-state index contributed by atoms with van der Waals surface area (Å²) in [6.07, 6.45) is 3.41. The Bertz CT molecular complexity index is 1100. The van der Waals surface area contributed by atoms with E-state index >= 15 is 0 Å². The topological polar surface area (TPSA) is 77.6 Å². The maximum absolute atomic E-state index is 12.5. The molecule has 8 heteroatoms. The maximum atomic E-state index is 12.5. The lowest BCUT2D eigenvalue weighted by Crippen LogP contribution is -2.15. The number of carbonyl (C=O) groups is 1. The molecule has 3 aromatic rings. The number of aromatic nitrogens is 1. The van der Waals surface area contributed by atoms with Crippen LogP contribution in [0.2, 0.25) is 5.02 Å². The van der Waals surface area contributed by atoms with E-state index in [-0.39, 0.29) is 17.9 Å². The van der Waals surface area contributed by atoms with Gasteiger partial charge in [0.25, 0.3) is 5.56 Å². The molecule has 0 radical (unpaired) electrons. The first-order chi connectivity index (χ1) is 13.4. The first-order valence-electron chi connectivity index (χ1n) is 8.49. The second-order valence-electron chi connectivity index (χ2n) is 6.33. The quantitative estimate of drug-likeness (QED) is 0.363. The molecule has 0 aliphatic heterocycles. The smallest absolute Gasteiger partial charge is 0.255 e. The number of H-pyrrole nitrogens is 1. The molecule has 6 nitrogen and oxygen atoms in total. The van der Waals surface area contributed by atoms with Gasteiger partial charge in [0.2, 0.25) is 5.91 Å². The Morgan fingerprint density at radius 2 is 2.04 bits per heavy atom. The van der Waals surface area contributed by atoms with E-state index in [1.54, 1.807) is 24.7 Å². The Hall–Kier alpha value is -2.77. The highest BCUT2D eigenvalue weighted by Crippen LogP contribution is 2.30. The highest BCUT2D eigenvalue weighted by molar-refractivity contribution is 7.98. The van der Waals surface area contributed by atoms with Gasteiger partial charge in [-0.2, -0.15) is 0 Å². The second-order valence-corrected chi connectivity index (χ2v) is 7.57. The first kappa shape index (κ1) is 20.0. The zero-order chi connectivity index (χ0) is 20.1. The Kier molecular flexibility index (Phi) is 6.38. The number of rotatable bonds is 6. The number of hydrogen-bond acceptors (Lipinski definition) is 4. The van der Waals surface area contributed by atoms with Crippen LogP contribution < -0.4 is 10.9 Å². The lowest BCUT2D eigenvalue weighted by atomic mass is 10.1. The van der Waals surface area contributed by atoms with Gasteiger partial charge in [0.05, 0.1) is 18.1 Å². The van der Waals surface area contributed by atoms with Crippen molar-refractivity contribution in [3.63, 3.8) is 0 Å². The minimum Gasteiger partial charge on any atom is -0.368 e. The number of pyridine rings is 1. The van der Waals surface area contributed by atoms with Gasteiger partial charge in [-0.1, -0.05) is 29.8 Å². The third-order valence-electron chi connectivity index (χ3n) is 3.87. The van der Waals surface area contributed by atoms with Crippen molar-refractivity contribution in [3.8, 4) is 0 Å². The van der Waals surface area contributed by atoms with E-state index in [1.165, 1.54) is 11.9 Å². The summed E-state index contributed by atoms with van der Waals surface area (Å²) in [5, 5.41) is 4.65. The van der Waals surface area contributed by atoms with Gasteiger partial charge in [-0.3, -0.25) is 9.59 Å². The number of fused-ring (bicyclic) bond motifs is 1. The van der Waals surface area contributed by atoms with Crippen LogP contribution >= 0.6 is 23.5 Å². The minimum absolute atomic E-state index is 0.143. The van der Waals surface area contributed by atoms with E-state index in [0.717, 1.165) is 15.8 Å². The number of nitrogens with one attached hydrogen (secondary N) is 2. The molecule has 1 heterocycles. The van der Waals surface area contributed by atoms with Gasteiger partial charge in [0, 0.05) is 53.2 Å². The zero-order valence-electron chi connectivity index (χ0n) is 15.4. The summed E-state index contributed by atoms with van der Waals surface area (Å²) in [6, 6.07) is 12.5. The second kappa shape index (κ2) is 8.95. The van der Waals surface area contributed by atoms with Crippen LogP contribution in [0.15, 0.2) is 62.7 Å². The van der Waals surface area contributed by atoms with Gasteiger partial charge in [-0.05, 0) is 29.8 Å². The molecule has 2 aromatic carbocycles. The monoisotopic (exact) mass is 414 g/mol. The van der Waals surface area contributed by atoms with Gasteiger partial charge >= 0.3 is 0 Å². The summed E-state index contributed by atoms with van der Waals surface area (Å²) < 4.78 is 4.30. The van der Waals surface area contributed by atoms with Crippen molar-refractivity contribution in [1.82, 2.24) is 9.88 Å². The van der Waals surface area contributed by atoms with Crippen molar-refractivity contribution in [2.75, 3.05) is 19.4 Å². The third-order valence-corrected chi connectivity index (χ3v) is 4.98. The molecule has 28 heavy (non-hydrogen) atoms. The van der Waals surface area contributed by atoms with Gasteiger partial charge in [0.1, 0.15) is 0 Å². The van der Waals surface area contributed by atoms with Gasteiger partial charge in [0.15, 0.2) is 0 Å². The predicted molar refractivity (Wildman–Crippen MR) is 116 cm³/mol. The van der Waals surface area contributed by atoms with E-state index in [0.29, 0.717) is 16.1 Å². The van der Waals surface area contributed by atoms with Crippen molar-refractivity contribution in [2.24, 2.45) is 4.40 Å². The van der Waals surface area contributed by atoms with Crippen LogP contribution in [0.1, 0.15) is 5.56 Å². The number of halogens is 1. The molecule has 0 fully saturated rings. The molecule has 3 rings (SSSR count). The maximum Gasteiger partial charge on any atom is 0.255 e. The number of anilines is 1. The molecule has 0 aliphatic carbocycles. The van der Waals surface area contributed by atoms with Crippen LogP contribution in [0.5, 0.6) is 0 Å². The molecule has 0 spiro atoms. The van der Waals surface area contributed by atoms with Crippen molar-refractivity contribution >= 4 is 52.3 Å². The average Bonchev–Trinajstić information content (AvgIpc) is 2.64. The zero-order valence-corrected chi connectivity index (χ0v) is 17.0. The van der Waals surface area contributed by atoms with E-state index in [2.05, 4.69) is 14.7 Å². The summed E-state index contributed by atoms with van der Waals surface area (Å²) in [6.45, 7) is 0. The Balaban J connectivity index is 1.90. The first-order valence-corrected chi connectivity index (χ1v) is 9.65. The molecular formula is C20H19ClN4O2S. The summed E-state index contributed by atoms with van der Waals surface area (Å²) in [4.78, 5) is 30.0. The number of carbonyl (C=O) groups excluding carboxylic acids is 1. The summed E-state index contributed by atoms with van der Waals surface area (Å²) in [5.74, 6) is -0.215. The fourth-order valence-electron chi connectivity index (χ4n) is 2.61. The Morgan fingerprint density at radius 3 is 2.79 bits per heavy atom. The van der Waals surface area contributed by atoms with Gasteiger partial charge in [-0.15, -0.1) is 0 Å². The molecule has 1 aromatic heterocycles. The number of aromatic amines is 1. The SMILES string of the molecule is CN(C)C=NSc1cc(NC(=O)Cc2ccccc2Cl)cc2c(=O)[nH]ccc12. The largest absolute Gasteiger partial charge is 0.368 e. The van der Waals surface area contributed by atoms with Crippen LogP contribution in [0.4, 0.5) is 5.69 Å². The van der Waals surface area contributed by atoms with Crippen molar-refractivity contribution in [3.05, 3.63) is 69.6 Å². The highest BCUT2D eigenvalue weighted by atomic mass is 35.5. The van der Waals surface area contributed by atoms with Crippen molar-refractivity contribution in [1.29, 1.82) is 0 Å². The van der Waals surface area contributed by atoms with E-state index in [9.17, 15) is 9.59 Å². The van der Waals surface area contributed by atoms with Crippen LogP contribution in [0.25, 0.3) is 10.8 Å². The fraction of sp³-hybridized carbons (Fsp3) is 0.150. The molecular weight excluding hydrogens is 396 g/mol. The molecule has 0 saturated heterocycles. The van der Waals surface area contributed by atoms with Crippen molar-refractivity contribution < 1.29 is 4.79 Å². The van der Waals surface area contributed by atoms with Crippen LogP contribution in [-0.4, -0.2) is 36.2 Å². The number of hydrogen-bond donors (Lipinski definition) is 2. The summed E-state index contributed by atoms with van der Waals surface area (Å²) in [7, 11) is 3.75. The fourth-order valence-corrected chi connectivity index (χ4v) is 3.61. The van der Waals surface area contributed by atoms with E-state index in [4.69, 9.17) is 11.6 Å². The molecule has 0 atom stereocenters. The molecule has 0 saturated carbocycles. The van der Waals surface area contributed by atoms with Gasteiger partial charge < -0.3 is 15.2 Å². The van der Waals surface area contributed by atoms with Crippen LogP contribution in [-0.2, 0) is 11.2 Å².